The van der Waals surface area contributed by atoms with Crippen LogP contribution >= 0.6 is 15.9 Å². The Bertz CT molecular complexity index is 341. The predicted molar refractivity (Wildman–Crippen MR) is 55.3 cm³/mol. The molecule has 0 saturated carbocycles. The Labute approximate surface area is 90.6 Å². The zero-order chi connectivity index (χ0) is 10.6. The Hall–Kier alpha value is -0.900. The van der Waals surface area contributed by atoms with Crippen molar-refractivity contribution < 1.29 is 14.0 Å². The van der Waals surface area contributed by atoms with E-state index in [-0.39, 0.29) is 23.7 Å². The maximum Gasteiger partial charge on any atom is 0.205 e. The van der Waals surface area contributed by atoms with Crippen molar-refractivity contribution in [1.82, 2.24) is 0 Å². The van der Waals surface area contributed by atoms with Crippen molar-refractivity contribution in [2.24, 2.45) is 0 Å². The van der Waals surface area contributed by atoms with Crippen molar-refractivity contribution in [2.45, 2.75) is 26.2 Å². The minimum absolute atomic E-state index is 0.0370. The summed E-state index contributed by atoms with van der Waals surface area (Å²) in [7, 11) is 0. The number of carbonyl (C=O) groups excluding carboxylic acids is 2. The van der Waals surface area contributed by atoms with Gasteiger partial charge in [-0.15, -0.1) is 0 Å². The highest BCUT2D eigenvalue weighted by Gasteiger charge is 2.14. The fraction of sp³-hybridized carbons (Fsp3) is 0.400. The molecule has 1 aromatic rings. The van der Waals surface area contributed by atoms with Crippen LogP contribution in [-0.2, 0) is 4.79 Å². The Morgan fingerprint density at radius 1 is 1.43 bits per heavy atom. The van der Waals surface area contributed by atoms with Crippen molar-refractivity contribution in [2.75, 3.05) is 0 Å². The Kier molecular flexibility index (Phi) is 4.07. The van der Waals surface area contributed by atoms with Crippen LogP contribution in [0.25, 0.3) is 0 Å². The summed E-state index contributed by atoms with van der Waals surface area (Å²) in [6, 6.07) is 3.20. The van der Waals surface area contributed by atoms with Crippen LogP contribution in [0.5, 0.6) is 0 Å². The maximum atomic E-state index is 11.4. The molecular formula is C10H11BrO3. The lowest BCUT2D eigenvalue weighted by molar-refractivity contribution is -0.118. The van der Waals surface area contributed by atoms with Gasteiger partial charge in [0.15, 0.2) is 10.4 Å². The molecule has 0 aliphatic heterocycles. The molecule has 0 saturated heterocycles. The van der Waals surface area contributed by atoms with E-state index in [9.17, 15) is 9.59 Å². The maximum absolute atomic E-state index is 11.4. The first-order valence-electron chi connectivity index (χ1n) is 4.43. The summed E-state index contributed by atoms with van der Waals surface area (Å²) in [5, 5.41) is 0. The molecule has 0 bridgehead atoms. The second kappa shape index (κ2) is 5.10. The molecular weight excluding hydrogens is 248 g/mol. The van der Waals surface area contributed by atoms with E-state index in [1.807, 2.05) is 6.92 Å². The van der Waals surface area contributed by atoms with Gasteiger partial charge < -0.3 is 4.42 Å². The third-order valence-electron chi connectivity index (χ3n) is 1.73. The average Bonchev–Trinajstić information content (AvgIpc) is 2.52. The molecule has 0 aromatic carbocycles. The van der Waals surface area contributed by atoms with Crippen LogP contribution in [-0.4, -0.2) is 11.6 Å². The number of hydrogen-bond acceptors (Lipinski definition) is 3. The summed E-state index contributed by atoms with van der Waals surface area (Å²) in [6.07, 6.45) is 1.16. The molecule has 3 nitrogen and oxygen atoms in total. The van der Waals surface area contributed by atoms with Gasteiger partial charge in [-0.1, -0.05) is 6.92 Å². The van der Waals surface area contributed by atoms with Gasteiger partial charge in [0.1, 0.15) is 5.78 Å². The lowest BCUT2D eigenvalue weighted by Gasteiger charge is -1.95. The van der Waals surface area contributed by atoms with Crippen LogP contribution in [0, 0.1) is 0 Å². The van der Waals surface area contributed by atoms with Crippen molar-refractivity contribution in [3.05, 3.63) is 22.6 Å². The molecule has 1 aromatic heterocycles. The van der Waals surface area contributed by atoms with E-state index < -0.39 is 0 Å². The molecule has 1 heterocycles. The predicted octanol–water partition coefficient (Wildman–Crippen LogP) is 2.98. The number of furan rings is 1. The topological polar surface area (TPSA) is 47.3 Å². The zero-order valence-electron chi connectivity index (χ0n) is 7.88. The highest BCUT2D eigenvalue weighted by molar-refractivity contribution is 9.10. The summed E-state index contributed by atoms with van der Waals surface area (Å²) in [6.45, 7) is 1.91. The Morgan fingerprint density at radius 3 is 2.64 bits per heavy atom. The van der Waals surface area contributed by atoms with Gasteiger partial charge in [0.2, 0.25) is 5.78 Å². The summed E-state index contributed by atoms with van der Waals surface area (Å²) < 4.78 is 5.54. The largest absolute Gasteiger partial charge is 0.446 e. The van der Waals surface area contributed by atoms with Crippen LogP contribution in [0.2, 0.25) is 0 Å². The van der Waals surface area contributed by atoms with Crippen LogP contribution in [0.3, 0.4) is 0 Å². The highest BCUT2D eigenvalue weighted by Crippen LogP contribution is 2.15. The van der Waals surface area contributed by atoms with Gasteiger partial charge in [0.25, 0.3) is 0 Å². The van der Waals surface area contributed by atoms with Crippen molar-refractivity contribution in [3.63, 3.8) is 0 Å². The number of rotatable bonds is 5. The molecule has 1 rings (SSSR count). The van der Waals surface area contributed by atoms with E-state index in [0.717, 1.165) is 6.42 Å². The number of halogens is 1. The minimum Gasteiger partial charge on any atom is -0.446 e. The van der Waals surface area contributed by atoms with Gasteiger partial charge in [-0.2, -0.15) is 0 Å². The van der Waals surface area contributed by atoms with Gasteiger partial charge >= 0.3 is 0 Å². The molecule has 0 amide bonds. The fourth-order valence-corrected chi connectivity index (χ4v) is 1.40. The first-order valence-corrected chi connectivity index (χ1v) is 5.23. The lowest BCUT2D eigenvalue weighted by Crippen LogP contribution is -2.06. The molecule has 0 aliphatic carbocycles. The Balaban J connectivity index is 2.55. The first kappa shape index (κ1) is 11.2. The summed E-state index contributed by atoms with van der Waals surface area (Å²) in [4.78, 5) is 22.6. The van der Waals surface area contributed by atoms with Gasteiger partial charge in [0, 0.05) is 6.42 Å². The van der Waals surface area contributed by atoms with Gasteiger partial charge in [0.05, 0.1) is 6.42 Å². The first-order chi connectivity index (χ1) is 6.63. The second-order valence-corrected chi connectivity index (χ2v) is 3.77. The van der Waals surface area contributed by atoms with E-state index >= 15 is 0 Å². The number of ketones is 2. The van der Waals surface area contributed by atoms with E-state index in [0.29, 0.717) is 11.1 Å². The fourth-order valence-electron chi connectivity index (χ4n) is 1.10. The lowest BCUT2D eigenvalue weighted by atomic mass is 10.1. The van der Waals surface area contributed by atoms with Crippen molar-refractivity contribution >= 4 is 27.5 Å². The normalized spacial score (nSPS) is 10.1. The number of Topliss-reactive ketones (excluding diaryl/α,β-unsaturated/α-hetero) is 2. The monoisotopic (exact) mass is 258 g/mol. The summed E-state index contributed by atoms with van der Waals surface area (Å²) in [5.74, 6) is -0.0551. The van der Waals surface area contributed by atoms with Gasteiger partial charge in [-0.3, -0.25) is 9.59 Å². The van der Waals surface area contributed by atoms with Gasteiger partial charge in [-0.25, -0.2) is 0 Å². The number of hydrogen-bond donors (Lipinski definition) is 0. The second-order valence-electron chi connectivity index (χ2n) is 2.99. The molecule has 4 heteroatoms. The quantitative estimate of drug-likeness (QED) is 0.603. The molecule has 0 radical (unpaired) electrons. The van der Waals surface area contributed by atoms with E-state index in [1.165, 1.54) is 0 Å². The Morgan fingerprint density at radius 2 is 2.14 bits per heavy atom. The minimum atomic E-state index is -0.255. The molecule has 0 aliphatic rings. The van der Waals surface area contributed by atoms with E-state index in [2.05, 4.69) is 15.9 Å². The third-order valence-corrected chi connectivity index (χ3v) is 2.16. The van der Waals surface area contributed by atoms with Crippen LogP contribution in [0.1, 0.15) is 36.7 Å². The summed E-state index contributed by atoms with van der Waals surface area (Å²) in [5.41, 5.74) is 0. The van der Waals surface area contributed by atoms with Crippen LogP contribution < -0.4 is 0 Å². The molecule has 0 N–H and O–H groups in total. The van der Waals surface area contributed by atoms with Crippen LogP contribution in [0.15, 0.2) is 21.2 Å². The highest BCUT2D eigenvalue weighted by atomic mass is 79.9. The van der Waals surface area contributed by atoms with E-state index in [4.69, 9.17) is 4.42 Å². The number of carbonyl (C=O) groups is 2. The summed E-state index contributed by atoms with van der Waals surface area (Å²) >= 11 is 3.09. The smallest absolute Gasteiger partial charge is 0.205 e. The molecule has 0 spiro atoms. The van der Waals surface area contributed by atoms with Crippen molar-refractivity contribution in [3.8, 4) is 0 Å². The van der Waals surface area contributed by atoms with E-state index in [1.54, 1.807) is 12.1 Å². The molecule has 0 unspecified atom stereocenters. The average molecular weight is 259 g/mol. The molecule has 76 valence electrons. The van der Waals surface area contributed by atoms with Gasteiger partial charge in [-0.05, 0) is 34.5 Å². The van der Waals surface area contributed by atoms with Crippen molar-refractivity contribution in [1.29, 1.82) is 0 Å². The molecule has 0 atom stereocenters. The zero-order valence-corrected chi connectivity index (χ0v) is 9.46. The van der Waals surface area contributed by atoms with Crippen LogP contribution in [0.4, 0.5) is 0 Å². The SMILES string of the molecule is CCCC(=O)CC(=O)c1ccc(Br)o1. The molecule has 0 fully saturated rings. The molecule has 14 heavy (non-hydrogen) atoms. The standard InChI is InChI=1S/C10H11BrO3/c1-2-3-7(12)6-8(13)9-4-5-10(11)14-9/h4-5H,2-3,6H2,1H3. The third kappa shape index (κ3) is 3.10.